The van der Waals surface area contributed by atoms with E-state index in [1.165, 1.54) is 122 Å². The first kappa shape index (κ1) is 42.8. The summed E-state index contributed by atoms with van der Waals surface area (Å²) in [6.45, 7) is 4.11. The van der Waals surface area contributed by atoms with Crippen LogP contribution >= 0.6 is 0 Å². The lowest BCUT2D eigenvalue weighted by Gasteiger charge is -2.26. The molecule has 260 valence electrons. The van der Waals surface area contributed by atoms with Crippen molar-refractivity contribution >= 4 is 5.91 Å². The molecule has 3 unspecified atom stereocenters. The van der Waals surface area contributed by atoms with Gasteiger partial charge in [-0.3, -0.25) is 4.79 Å². The minimum absolute atomic E-state index is 0.166. The molecule has 0 heterocycles. The fraction of sp³-hybridized carbons (Fsp3) is 0.872. The van der Waals surface area contributed by atoms with Gasteiger partial charge in [0, 0.05) is 6.42 Å². The third-order valence-corrected chi connectivity index (χ3v) is 8.78. The Morgan fingerprint density at radius 2 is 0.932 bits per heavy atom. The quantitative estimate of drug-likeness (QED) is 0.0425. The summed E-state index contributed by atoms with van der Waals surface area (Å²) in [5.41, 5.74) is 0. The predicted octanol–water partition coefficient (Wildman–Crippen LogP) is 10.3. The summed E-state index contributed by atoms with van der Waals surface area (Å²) in [5.74, 6) is -0.166. The molecule has 0 aromatic carbocycles. The second-order valence-electron chi connectivity index (χ2n) is 13.1. The lowest BCUT2D eigenvalue weighted by Crippen LogP contribution is -2.50. The minimum Gasteiger partial charge on any atom is -0.394 e. The summed E-state index contributed by atoms with van der Waals surface area (Å²) in [4.78, 5) is 12.3. The van der Waals surface area contributed by atoms with Crippen LogP contribution in [0.25, 0.3) is 0 Å². The highest BCUT2D eigenvalue weighted by molar-refractivity contribution is 5.76. The summed E-state index contributed by atoms with van der Waals surface area (Å²) in [6.07, 6.45) is 39.9. The Labute approximate surface area is 273 Å². The molecule has 0 aromatic heterocycles. The molecule has 0 spiro atoms. The van der Waals surface area contributed by atoms with Crippen LogP contribution in [-0.4, -0.2) is 46.1 Å². The number of carbonyl (C=O) groups is 1. The molecule has 0 bridgehead atoms. The van der Waals surface area contributed by atoms with Gasteiger partial charge in [-0.2, -0.15) is 0 Å². The molecule has 5 heteroatoms. The molecule has 0 saturated heterocycles. The first-order valence-electron chi connectivity index (χ1n) is 19.1. The SMILES string of the molecule is CCCC/C=C\CCCCCCCC(=O)NC(CO)C(O)C(O)CCC/C=C/CCCCCCCCCCCCCCCC. The Morgan fingerprint density at radius 3 is 1.39 bits per heavy atom. The van der Waals surface area contributed by atoms with Gasteiger partial charge in [-0.15, -0.1) is 0 Å². The molecule has 0 saturated carbocycles. The van der Waals surface area contributed by atoms with Crippen LogP contribution in [0.15, 0.2) is 24.3 Å². The highest BCUT2D eigenvalue weighted by atomic mass is 16.3. The van der Waals surface area contributed by atoms with Gasteiger partial charge in [-0.1, -0.05) is 154 Å². The fourth-order valence-electron chi connectivity index (χ4n) is 5.73. The van der Waals surface area contributed by atoms with Gasteiger partial charge in [0.15, 0.2) is 0 Å². The predicted molar refractivity (Wildman–Crippen MR) is 190 cm³/mol. The maximum Gasteiger partial charge on any atom is 0.220 e. The molecular weight excluding hydrogens is 546 g/mol. The van der Waals surface area contributed by atoms with Crippen molar-refractivity contribution in [2.45, 2.75) is 212 Å². The van der Waals surface area contributed by atoms with Crippen LogP contribution in [0.4, 0.5) is 0 Å². The van der Waals surface area contributed by atoms with E-state index in [9.17, 15) is 20.1 Å². The number of aliphatic hydroxyl groups excluding tert-OH is 3. The van der Waals surface area contributed by atoms with Crippen LogP contribution in [0.1, 0.15) is 194 Å². The van der Waals surface area contributed by atoms with E-state index >= 15 is 0 Å². The standard InChI is InChI=1S/C39H75NO4/c1-3-5-7-9-11-13-15-16-17-18-19-20-21-22-24-25-27-29-31-33-37(42)39(44)36(35-41)40-38(43)34-32-30-28-26-23-14-12-10-8-6-4-2/h10,12,25,27,36-37,39,41-42,44H,3-9,11,13-24,26,28-35H2,1-2H3,(H,40,43)/b12-10-,27-25+. The van der Waals surface area contributed by atoms with Crippen molar-refractivity contribution < 1.29 is 20.1 Å². The van der Waals surface area contributed by atoms with Gasteiger partial charge < -0.3 is 20.6 Å². The van der Waals surface area contributed by atoms with Crippen LogP contribution < -0.4 is 5.32 Å². The second-order valence-corrected chi connectivity index (χ2v) is 13.1. The largest absolute Gasteiger partial charge is 0.394 e. The molecule has 0 aliphatic rings. The third kappa shape index (κ3) is 29.5. The summed E-state index contributed by atoms with van der Waals surface area (Å²) in [5, 5.41) is 33.3. The van der Waals surface area contributed by atoms with Crippen LogP contribution in [0.5, 0.6) is 0 Å². The highest BCUT2D eigenvalue weighted by Gasteiger charge is 2.26. The maximum atomic E-state index is 12.3. The van der Waals surface area contributed by atoms with Crippen molar-refractivity contribution in [3.8, 4) is 0 Å². The number of carbonyl (C=O) groups excluding carboxylic acids is 1. The number of hydrogen-bond donors (Lipinski definition) is 4. The number of hydrogen-bond acceptors (Lipinski definition) is 4. The van der Waals surface area contributed by atoms with Crippen molar-refractivity contribution in [2.75, 3.05) is 6.61 Å². The number of rotatable bonds is 34. The van der Waals surface area contributed by atoms with E-state index < -0.39 is 18.2 Å². The van der Waals surface area contributed by atoms with Crippen LogP contribution in [0.3, 0.4) is 0 Å². The number of aliphatic hydroxyl groups is 3. The monoisotopic (exact) mass is 622 g/mol. The van der Waals surface area contributed by atoms with Crippen LogP contribution in [-0.2, 0) is 4.79 Å². The molecule has 0 radical (unpaired) electrons. The smallest absolute Gasteiger partial charge is 0.220 e. The topological polar surface area (TPSA) is 89.8 Å². The zero-order valence-corrected chi connectivity index (χ0v) is 29.3. The Morgan fingerprint density at radius 1 is 0.545 bits per heavy atom. The fourth-order valence-corrected chi connectivity index (χ4v) is 5.73. The second kappa shape index (κ2) is 34.7. The molecule has 0 aliphatic carbocycles. The number of nitrogens with one attached hydrogen (secondary N) is 1. The average molecular weight is 622 g/mol. The Hall–Kier alpha value is -1.17. The van der Waals surface area contributed by atoms with E-state index in [-0.39, 0.29) is 12.5 Å². The summed E-state index contributed by atoms with van der Waals surface area (Å²) in [6, 6.07) is -0.826. The van der Waals surface area contributed by atoms with E-state index in [1.807, 2.05) is 0 Å². The molecule has 0 aliphatic heterocycles. The van der Waals surface area contributed by atoms with E-state index in [2.05, 4.69) is 43.5 Å². The minimum atomic E-state index is -1.16. The highest BCUT2D eigenvalue weighted by Crippen LogP contribution is 2.14. The van der Waals surface area contributed by atoms with Gasteiger partial charge in [0.25, 0.3) is 0 Å². The molecule has 3 atom stereocenters. The number of allylic oxidation sites excluding steroid dienone is 4. The van der Waals surface area contributed by atoms with Gasteiger partial charge >= 0.3 is 0 Å². The van der Waals surface area contributed by atoms with E-state index in [1.54, 1.807) is 0 Å². The summed E-state index contributed by atoms with van der Waals surface area (Å²) < 4.78 is 0. The first-order valence-corrected chi connectivity index (χ1v) is 19.1. The van der Waals surface area contributed by atoms with Crippen molar-refractivity contribution in [3.05, 3.63) is 24.3 Å². The van der Waals surface area contributed by atoms with E-state index in [0.29, 0.717) is 12.8 Å². The summed E-state index contributed by atoms with van der Waals surface area (Å²) in [7, 11) is 0. The molecular formula is C39H75NO4. The number of unbranched alkanes of at least 4 members (excludes halogenated alkanes) is 22. The molecule has 4 N–H and O–H groups in total. The molecule has 0 aromatic rings. The molecule has 5 nitrogen and oxygen atoms in total. The maximum absolute atomic E-state index is 12.3. The van der Waals surface area contributed by atoms with Crippen LogP contribution in [0, 0.1) is 0 Å². The van der Waals surface area contributed by atoms with E-state index in [0.717, 1.165) is 44.9 Å². The van der Waals surface area contributed by atoms with Crippen molar-refractivity contribution in [1.29, 1.82) is 0 Å². The Kier molecular flexibility index (Phi) is 33.8. The molecule has 44 heavy (non-hydrogen) atoms. The molecule has 0 fully saturated rings. The zero-order valence-electron chi connectivity index (χ0n) is 29.3. The lowest BCUT2D eigenvalue weighted by molar-refractivity contribution is -0.124. The van der Waals surface area contributed by atoms with Gasteiger partial charge in [-0.25, -0.2) is 0 Å². The lowest BCUT2D eigenvalue weighted by atomic mass is 10.0. The van der Waals surface area contributed by atoms with Crippen molar-refractivity contribution in [3.63, 3.8) is 0 Å². The Bertz CT molecular complexity index is 650. The van der Waals surface area contributed by atoms with Gasteiger partial charge in [0.05, 0.1) is 18.8 Å². The average Bonchev–Trinajstić information content (AvgIpc) is 3.03. The van der Waals surface area contributed by atoms with Crippen molar-refractivity contribution in [1.82, 2.24) is 5.32 Å². The zero-order chi connectivity index (χ0) is 32.4. The molecule has 1 amide bonds. The van der Waals surface area contributed by atoms with Crippen LogP contribution in [0.2, 0.25) is 0 Å². The van der Waals surface area contributed by atoms with Gasteiger partial charge in [0.1, 0.15) is 6.10 Å². The third-order valence-electron chi connectivity index (χ3n) is 8.78. The van der Waals surface area contributed by atoms with Crippen molar-refractivity contribution in [2.24, 2.45) is 0 Å². The Balaban J connectivity index is 3.70. The van der Waals surface area contributed by atoms with E-state index in [4.69, 9.17) is 0 Å². The van der Waals surface area contributed by atoms with Gasteiger partial charge in [-0.05, 0) is 57.8 Å². The first-order chi connectivity index (χ1) is 21.6. The molecule has 0 rings (SSSR count). The number of amides is 1. The summed E-state index contributed by atoms with van der Waals surface area (Å²) >= 11 is 0. The normalized spacial score (nSPS) is 14.0. The van der Waals surface area contributed by atoms with Gasteiger partial charge in [0.2, 0.25) is 5.91 Å².